The highest BCUT2D eigenvalue weighted by Gasteiger charge is 2.39. The maximum absolute atomic E-state index is 11.3. The van der Waals surface area contributed by atoms with E-state index < -0.39 is 34.9 Å². The number of rotatable bonds is 3. The van der Waals surface area contributed by atoms with Crippen LogP contribution in [0, 0.1) is 0 Å². The molecular weight excluding hydrogens is 296 g/mol. The van der Waals surface area contributed by atoms with Gasteiger partial charge in [-0.1, -0.05) is 15.9 Å². The highest BCUT2D eigenvalue weighted by atomic mass is 79.9. The van der Waals surface area contributed by atoms with E-state index in [1.807, 2.05) is 0 Å². The summed E-state index contributed by atoms with van der Waals surface area (Å²) < 4.78 is 14.8. The first kappa shape index (κ1) is 14.0. The number of carbonyl (C=O) groups is 3. The Balaban J connectivity index is 2.63. The molecule has 1 saturated heterocycles. The molecule has 0 aromatic carbocycles. The molecule has 2 unspecified atom stereocenters. The first-order valence-electron chi connectivity index (χ1n) is 5.05. The van der Waals surface area contributed by atoms with Gasteiger partial charge in [-0.3, -0.25) is 14.4 Å². The summed E-state index contributed by atoms with van der Waals surface area (Å²) in [5.41, 5.74) is 0. The van der Waals surface area contributed by atoms with Crippen LogP contribution in [0.4, 0.5) is 0 Å². The quantitative estimate of drug-likeness (QED) is 0.430. The number of alkyl halides is 1. The van der Waals surface area contributed by atoms with Gasteiger partial charge in [0.2, 0.25) is 0 Å². The van der Waals surface area contributed by atoms with Gasteiger partial charge in [0, 0.05) is 20.3 Å². The molecule has 17 heavy (non-hydrogen) atoms. The van der Waals surface area contributed by atoms with Crippen molar-refractivity contribution in [1.82, 2.24) is 0 Å². The van der Waals surface area contributed by atoms with Crippen LogP contribution >= 0.6 is 15.9 Å². The van der Waals surface area contributed by atoms with Crippen LogP contribution in [-0.4, -0.2) is 41.5 Å². The highest BCUT2D eigenvalue weighted by molar-refractivity contribution is 9.10. The van der Waals surface area contributed by atoms with Crippen LogP contribution in [0.15, 0.2) is 0 Å². The molecule has 7 heteroatoms. The van der Waals surface area contributed by atoms with E-state index in [1.54, 1.807) is 0 Å². The van der Waals surface area contributed by atoms with Gasteiger partial charge in [-0.05, 0) is 0 Å². The van der Waals surface area contributed by atoms with Crippen LogP contribution in [0.3, 0.4) is 0 Å². The van der Waals surface area contributed by atoms with Crippen LogP contribution in [0.2, 0.25) is 0 Å². The molecule has 0 spiro atoms. The van der Waals surface area contributed by atoms with E-state index in [0.29, 0.717) is 6.42 Å². The molecule has 0 saturated carbocycles. The lowest BCUT2D eigenvalue weighted by Crippen LogP contribution is -2.47. The average molecular weight is 309 g/mol. The third kappa shape index (κ3) is 4.33. The molecule has 96 valence electrons. The van der Waals surface area contributed by atoms with Crippen LogP contribution in [0.5, 0.6) is 0 Å². The zero-order chi connectivity index (χ0) is 13.0. The molecule has 0 aliphatic carbocycles. The van der Waals surface area contributed by atoms with E-state index in [2.05, 4.69) is 15.9 Å². The number of cyclic esters (lactones) is 1. The van der Waals surface area contributed by atoms with Crippen molar-refractivity contribution >= 4 is 33.8 Å². The normalized spacial score (nSPS) is 28.2. The van der Waals surface area contributed by atoms with Gasteiger partial charge >= 0.3 is 17.9 Å². The monoisotopic (exact) mass is 308 g/mol. The maximum Gasteiger partial charge on any atom is 0.320 e. The molecule has 1 heterocycles. The smallest absolute Gasteiger partial charge is 0.320 e. The fourth-order valence-corrected chi connectivity index (χ4v) is 1.91. The lowest BCUT2D eigenvalue weighted by Gasteiger charge is -2.32. The second-order valence-electron chi connectivity index (χ2n) is 3.63. The van der Waals surface area contributed by atoms with Gasteiger partial charge in [-0.15, -0.1) is 0 Å². The number of ether oxygens (including phenoxy) is 3. The van der Waals surface area contributed by atoms with Crippen LogP contribution in [-0.2, 0) is 28.6 Å². The van der Waals surface area contributed by atoms with E-state index in [-0.39, 0.29) is 6.61 Å². The number of esters is 3. The van der Waals surface area contributed by atoms with E-state index in [9.17, 15) is 14.4 Å². The molecule has 0 bridgehead atoms. The van der Waals surface area contributed by atoms with Gasteiger partial charge in [0.05, 0.1) is 0 Å². The molecular formula is C10H13BrO6. The Kier molecular flexibility index (Phi) is 4.92. The largest absolute Gasteiger partial charge is 0.462 e. The van der Waals surface area contributed by atoms with Gasteiger partial charge < -0.3 is 14.2 Å². The second-order valence-corrected chi connectivity index (χ2v) is 4.73. The number of hydrogen-bond donors (Lipinski definition) is 0. The van der Waals surface area contributed by atoms with Crippen molar-refractivity contribution in [3.8, 4) is 0 Å². The van der Waals surface area contributed by atoms with Crippen molar-refractivity contribution in [1.29, 1.82) is 0 Å². The van der Waals surface area contributed by atoms with Gasteiger partial charge in [-0.2, -0.15) is 0 Å². The molecule has 1 fully saturated rings. The molecule has 0 aromatic rings. The molecule has 0 aromatic heterocycles. The minimum absolute atomic E-state index is 0.112. The standard InChI is InChI=1S/C10H13BrO6/c1-5(12)15-4-9-8(16-6(2)13)3-7(11)10(14)17-9/h7-9H,3-4H2,1-2H3/t7?,8-,9?/m1/s1. The summed E-state index contributed by atoms with van der Waals surface area (Å²) in [6, 6.07) is 0. The van der Waals surface area contributed by atoms with Crippen molar-refractivity contribution < 1.29 is 28.6 Å². The number of hydrogen-bond acceptors (Lipinski definition) is 6. The molecule has 6 nitrogen and oxygen atoms in total. The molecule has 1 rings (SSSR count). The maximum atomic E-state index is 11.3. The Morgan fingerprint density at radius 2 is 2.06 bits per heavy atom. The zero-order valence-corrected chi connectivity index (χ0v) is 11.1. The summed E-state index contributed by atoms with van der Waals surface area (Å²) in [4.78, 5) is 32.4. The Bertz CT molecular complexity index is 329. The van der Waals surface area contributed by atoms with Crippen molar-refractivity contribution in [2.75, 3.05) is 6.61 Å². The third-order valence-corrected chi connectivity index (χ3v) is 2.89. The minimum atomic E-state index is -0.746. The topological polar surface area (TPSA) is 78.9 Å². The van der Waals surface area contributed by atoms with Crippen LogP contribution in [0.1, 0.15) is 20.3 Å². The minimum Gasteiger partial charge on any atom is -0.462 e. The molecule has 1 aliphatic rings. The lowest BCUT2D eigenvalue weighted by atomic mass is 10.1. The van der Waals surface area contributed by atoms with E-state index >= 15 is 0 Å². The Labute approximate surface area is 107 Å². The summed E-state index contributed by atoms with van der Waals surface area (Å²) in [7, 11) is 0. The highest BCUT2D eigenvalue weighted by Crippen LogP contribution is 2.24. The predicted molar refractivity (Wildman–Crippen MR) is 59.4 cm³/mol. The first-order chi connectivity index (χ1) is 7.90. The Morgan fingerprint density at radius 1 is 1.41 bits per heavy atom. The molecule has 0 radical (unpaired) electrons. The van der Waals surface area contributed by atoms with Gasteiger partial charge in [-0.25, -0.2) is 0 Å². The number of halogens is 1. The van der Waals surface area contributed by atoms with Gasteiger partial charge in [0.1, 0.15) is 17.5 Å². The van der Waals surface area contributed by atoms with Gasteiger partial charge in [0.15, 0.2) is 6.10 Å². The SMILES string of the molecule is CC(=O)OCC1OC(=O)C(Br)C[C@H]1OC(C)=O. The molecule has 0 amide bonds. The lowest BCUT2D eigenvalue weighted by molar-refractivity contribution is -0.182. The fraction of sp³-hybridized carbons (Fsp3) is 0.700. The van der Waals surface area contributed by atoms with Crippen molar-refractivity contribution in [3.05, 3.63) is 0 Å². The van der Waals surface area contributed by atoms with Crippen molar-refractivity contribution in [2.45, 2.75) is 37.3 Å². The van der Waals surface area contributed by atoms with Crippen molar-refractivity contribution in [2.24, 2.45) is 0 Å². The molecule has 3 atom stereocenters. The van der Waals surface area contributed by atoms with E-state index in [1.165, 1.54) is 13.8 Å². The summed E-state index contributed by atoms with van der Waals surface area (Å²) in [5, 5.41) is 0. The van der Waals surface area contributed by atoms with Crippen LogP contribution in [0.25, 0.3) is 0 Å². The summed E-state index contributed by atoms with van der Waals surface area (Å²) in [6.07, 6.45) is -1.05. The Morgan fingerprint density at radius 3 is 2.59 bits per heavy atom. The van der Waals surface area contributed by atoms with E-state index in [4.69, 9.17) is 14.2 Å². The average Bonchev–Trinajstić information content (AvgIpc) is 2.20. The zero-order valence-electron chi connectivity index (χ0n) is 9.47. The fourth-order valence-electron chi connectivity index (χ4n) is 1.43. The first-order valence-corrected chi connectivity index (χ1v) is 5.97. The van der Waals surface area contributed by atoms with Gasteiger partial charge in [0.25, 0.3) is 0 Å². The van der Waals surface area contributed by atoms with Crippen molar-refractivity contribution in [3.63, 3.8) is 0 Å². The predicted octanol–water partition coefficient (Wildman–Crippen LogP) is 0.560. The third-order valence-electron chi connectivity index (χ3n) is 2.15. The van der Waals surface area contributed by atoms with Crippen LogP contribution < -0.4 is 0 Å². The van der Waals surface area contributed by atoms with E-state index in [0.717, 1.165) is 0 Å². The summed E-state index contributed by atoms with van der Waals surface area (Å²) in [6.45, 7) is 2.40. The molecule has 0 N–H and O–H groups in total. The Hall–Kier alpha value is -1.11. The summed E-state index contributed by atoms with van der Waals surface area (Å²) in [5.74, 6) is -1.41. The summed E-state index contributed by atoms with van der Waals surface area (Å²) >= 11 is 3.12. The molecule has 1 aliphatic heterocycles. The number of carbonyl (C=O) groups excluding carboxylic acids is 3. The second kappa shape index (κ2) is 6.00.